The highest BCUT2D eigenvalue weighted by atomic mass is 32.1. The average Bonchev–Trinajstić information content (AvgIpc) is 2.75. The van der Waals surface area contributed by atoms with Crippen LogP contribution in [-0.4, -0.2) is 12.7 Å². The molecule has 0 saturated heterocycles. The van der Waals surface area contributed by atoms with Crippen LogP contribution in [0, 0.1) is 12.3 Å². The molecule has 1 aliphatic carbocycles. The van der Waals surface area contributed by atoms with Crippen molar-refractivity contribution in [3.63, 3.8) is 0 Å². The molecule has 0 aromatic carbocycles. The highest BCUT2D eigenvalue weighted by Crippen LogP contribution is 2.47. The molecule has 1 aromatic heterocycles. The normalized spacial score (nSPS) is 23.8. The van der Waals surface area contributed by atoms with E-state index in [-0.39, 0.29) is 11.6 Å². The summed E-state index contributed by atoms with van der Waals surface area (Å²) >= 11 is 1.77. The van der Waals surface area contributed by atoms with Gasteiger partial charge in [-0.25, -0.2) is 0 Å². The number of thiophene rings is 1. The lowest BCUT2D eigenvalue weighted by molar-refractivity contribution is -0.0794. The van der Waals surface area contributed by atoms with E-state index in [4.69, 9.17) is 10.5 Å². The third-order valence-corrected chi connectivity index (χ3v) is 5.52. The predicted octanol–water partition coefficient (Wildman–Crippen LogP) is 4.04. The molecule has 2 rings (SSSR count). The quantitative estimate of drug-likeness (QED) is 0.897. The van der Waals surface area contributed by atoms with Crippen LogP contribution >= 0.6 is 11.3 Å². The minimum absolute atomic E-state index is 0.00449. The van der Waals surface area contributed by atoms with E-state index in [1.807, 2.05) is 7.11 Å². The van der Waals surface area contributed by atoms with Crippen LogP contribution in [0.3, 0.4) is 0 Å². The first-order valence-corrected chi connectivity index (χ1v) is 7.63. The molecular formula is C15H25NOS. The Bertz CT molecular complexity index is 400. The maximum absolute atomic E-state index is 6.53. The summed E-state index contributed by atoms with van der Waals surface area (Å²) in [5.74, 6) is 0. The molecule has 1 fully saturated rings. The van der Waals surface area contributed by atoms with Gasteiger partial charge in [-0.15, -0.1) is 11.3 Å². The Balaban J connectivity index is 2.21. The molecule has 0 radical (unpaired) electrons. The largest absolute Gasteiger partial charge is 0.376 e. The number of aryl methyl sites for hydroxylation is 1. The Kier molecular flexibility index (Phi) is 3.86. The standard InChI is InChI=1S/C15H25NOS/c1-11-12(5-10-18-11)13(16)15(17-4)8-6-14(2,3)7-9-15/h5,10,13H,6-9,16H2,1-4H3. The van der Waals surface area contributed by atoms with Gasteiger partial charge in [0.2, 0.25) is 0 Å². The zero-order chi connectivity index (χ0) is 13.4. The van der Waals surface area contributed by atoms with Gasteiger partial charge in [0, 0.05) is 12.0 Å². The first-order valence-electron chi connectivity index (χ1n) is 6.75. The Morgan fingerprint density at radius 1 is 1.28 bits per heavy atom. The summed E-state index contributed by atoms with van der Waals surface area (Å²) in [7, 11) is 1.82. The summed E-state index contributed by atoms with van der Waals surface area (Å²) in [5, 5.41) is 2.13. The van der Waals surface area contributed by atoms with Crippen LogP contribution in [0.2, 0.25) is 0 Å². The second kappa shape index (κ2) is 4.95. The van der Waals surface area contributed by atoms with Crippen LogP contribution < -0.4 is 5.73 Å². The zero-order valence-corrected chi connectivity index (χ0v) is 12.8. The number of hydrogen-bond donors (Lipinski definition) is 1. The maximum atomic E-state index is 6.53. The van der Waals surface area contributed by atoms with E-state index in [2.05, 4.69) is 32.2 Å². The SMILES string of the molecule is COC1(C(N)c2ccsc2C)CCC(C)(C)CC1. The molecule has 1 unspecified atom stereocenters. The van der Waals surface area contributed by atoms with Crippen molar-refractivity contribution < 1.29 is 4.74 Å². The minimum atomic E-state index is -0.165. The molecule has 1 aliphatic rings. The van der Waals surface area contributed by atoms with Crippen LogP contribution in [0.5, 0.6) is 0 Å². The van der Waals surface area contributed by atoms with Gasteiger partial charge in [0.15, 0.2) is 0 Å². The van der Waals surface area contributed by atoms with Crippen molar-refractivity contribution in [3.8, 4) is 0 Å². The third-order valence-electron chi connectivity index (χ3n) is 4.66. The van der Waals surface area contributed by atoms with Gasteiger partial charge >= 0.3 is 0 Å². The molecule has 1 aromatic rings. The van der Waals surface area contributed by atoms with Crippen molar-refractivity contribution in [1.29, 1.82) is 0 Å². The predicted molar refractivity (Wildman–Crippen MR) is 78.0 cm³/mol. The summed E-state index contributed by atoms with van der Waals surface area (Å²) < 4.78 is 5.89. The Morgan fingerprint density at radius 3 is 2.33 bits per heavy atom. The molecule has 2 N–H and O–H groups in total. The summed E-state index contributed by atoms with van der Waals surface area (Å²) in [6, 6.07) is 2.16. The lowest BCUT2D eigenvalue weighted by Crippen LogP contribution is -2.47. The number of methoxy groups -OCH3 is 1. The maximum Gasteiger partial charge on any atom is 0.0871 e. The summed E-state index contributed by atoms with van der Waals surface area (Å²) in [6.07, 6.45) is 4.51. The van der Waals surface area contributed by atoms with Crippen molar-refractivity contribution >= 4 is 11.3 Å². The lowest BCUT2D eigenvalue weighted by Gasteiger charge is -2.46. The van der Waals surface area contributed by atoms with Crippen LogP contribution in [-0.2, 0) is 4.74 Å². The molecule has 1 heterocycles. The van der Waals surface area contributed by atoms with Gasteiger partial charge in [0.25, 0.3) is 0 Å². The van der Waals surface area contributed by atoms with Crippen molar-refractivity contribution in [2.75, 3.05) is 7.11 Å². The number of rotatable bonds is 3. The molecule has 102 valence electrons. The van der Waals surface area contributed by atoms with Gasteiger partial charge in [0.1, 0.15) is 0 Å². The highest BCUT2D eigenvalue weighted by molar-refractivity contribution is 7.10. The van der Waals surface area contributed by atoms with E-state index in [9.17, 15) is 0 Å². The topological polar surface area (TPSA) is 35.2 Å². The van der Waals surface area contributed by atoms with Gasteiger partial charge in [-0.1, -0.05) is 13.8 Å². The smallest absolute Gasteiger partial charge is 0.0871 e. The molecule has 0 aliphatic heterocycles. The minimum Gasteiger partial charge on any atom is -0.376 e. The second-order valence-corrected chi connectivity index (χ2v) is 7.46. The van der Waals surface area contributed by atoms with E-state index in [1.54, 1.807) is 11.3 Å². The molecule has 1 saturated carbocycles. The number of nitrogens with two attached hydrogens (primary N) is 1. The van der Waals surface area contributed by atoms with E-state index >= 15 is 0 Å². The fraction of sp³-hybridized carbons (Fsp3) is 0.733. The molecule has 2 nitrogen and oxygen atoms in total. The summed E-state index contributed by atoms with van der Waals surface area (Å²) in [4.78, 5) is 1.32. The first-order chi connectivity index (χ1) is 8.40. The van der Waals surface area contributed by atoms with Gasteiger partial charge < -0.3 is 10.5 Å². The lowest BCUT2D eigenvalue weighted by atomic mass is 9.67. The summed E-state index contributed by atoms with van der Waals surface area (Å²) in [6.45, 7) is 6.83. The Labute approximate surface area is 115 Å². The van der Waals surface area contributed by atoms with Crippen molar-refractivity contribution in [3.05, 3.63) is 21.9 Å². The molecule has 0 bridgehead atoms. The monoisotopic (exact) mass is 267 g/mol. The molecule has 0 amide bonds. The second-order valence-electron chi connectivity index (χ2n) is 6.34. The van der Waals surface area contributed by atoms with E-state index in [1.165, 1.54) is 23.3 Å². The van der Waals surface area contributed by atoms with Crippen LogP contribution in [0.1, 0.15) is 56.0 Å². The van der Waals surface area contributed by atoms with Gasteiger partial charge in [-0.05, 0) is 55.0 Å². The van der Waals surface area contributed by atoms with Gasteiger partial charge in [0.05, 0.1) is 11.6 Å². The molecular weight excluding hydrogens is 242 g/mol. The van der Waals surface area contributed by atoms with Crippen LogP contribution in [0.4, 0.5) is 0 Å². The first kappa shape index (κ1) is 14.0. The van der Waals surface area contributed by atoms with Crippen LogP contribution in [0.25, 0.3) is 0 Å². The molecule has 3 heteroatoms. The zero-order valence-electron chi connectivity index (χ0n) is 12.0. The van der Waals surface area contributed by atoms with Crippen molar-refractivity contribution in [2.24, 2.45) is 11.1 Å². The molecule has 0 spiro atoms. The number of ether oxygens (including phenoxy) is 1. The Hall–Kier alpha value is -0.380. The highest BCUT2D eigenvalue weighted by Gasteiger charge is 2.43. The fourth-order valence-electron chi connectivity index (χ4n) is 2.99. The van der Waals surface area contributed by atoms with E-state index in [0.717, 1.165) is 12.8 Å². The number of hydrogen-bond acceptors (Lipinski definition) is 3. The summed E-state index contributed by atoms with van der Waals surface area (Å²) in [5.41, 5.74) is 8.07. The van der Waals surface area contributed by atoms with Crippen LogP contribution in [0.15, 0.2) is 11.4 Å². The molecule has 18 heavy (non-hydrogen) atoms. The van der Waals surface area contributed by atoms with Gasteiger partial charge in [-0.2, -0.15) is 0 Å². The van der Waals surface area contributed by atoms with E-state index in [0.29, 0.717) is 5.41 Å². The fourth-order valence-corrected chi connectivity index (χ4v) is 3.74. The Morgan fingerprint density at radius 2 is 1.89 bits per heavy atom. The van der Waals surface area contributed by atoms with Gasteiger partial charge in [-0.3, -0.25) is 0 Å². The van der Waals surface area contributed by atoms with E-state index < -0.39 is 0 Å². The average molecular weight is 267 g/mol. The molecule has 1 atom stereocenters. The van der Waals surface area contributed by atoms with Crippen molar-refractivity contribution in [1.82, 2.24) is 0 Å². The third kappa shape index (κ3) is 2.49. The van der Waals surface area contributed by atoms with Crippen molar-refractivity contribution in [2.45, 2.75) is 58.1 Å².